The number of nitrogens with one attached hydrogen (secondary N) is 1. The van der Waals surface area contributed by atoms with Crippen molar-refractivity contribution >= 4 is 23.4 Å². The molecular formula is C29H33N3O5. The molecule has 37 heavy (non-hydrogen) atoms. The van der Waals surface area contributed by atoms with E-state index in [1.165, 1.54) is 6.92 Å². The molecule has 2 aliphatic rings. The van der Waals surface area contributed by atoms with E-state index in [2.05, 4.69) is 27.5 Å². The molecule has 2 heterocycles. The lowest BCUT2D eigenvalue weighted by atomic mass is 9.89. The molecule has 0 radical (unpaired) electrons. The van der Waals surface area contributed by atoms with Crippen LogP contribution in [0.15, 0.2) is 59.1 Å². The van der Waals surface area contributed by atoms with Crippen molar-refractivity contribution in [3.8, 4) is 11.3 Å². The molecule has 194 valence electrons. The van der Waals surface area contributed by atoms with E-state index in [-0.39, 0.29) is 11.6 Å². The Kier molecular flexibility index (Phi) is 6.91. The number of ether oxygens (including phenoxy) is 2. The van der Waals surface area contributed by atoms with Gasteiger partial charge < -0.3 is 18.9 Å². The molecule has 1 saturated carbocycles. The highest BCUT2D eigenvalue weighted by Gasteiger charge is 2.53. The number of esters is 1. The highest BCUT2D eigenvalue weighted by molar-refractivity contribution is 5.91. The fourth-order valence-electron chi connectivity index (χ4n) is 5.29. The van der Waals surface area contributed by atoms with E-state index in [1.807, 2.05) is 49.4 Å². The molecule has 1 aliphatic carbocycles. The first-order valence-electron chi connectivity index (χ1n) is 12.9. The Morgan fingerprint density at radius 1 is 1.08 bits per heavy atom. The van der Waals surface area contributed by atoms with Crippen LogP contribution in [0.25, 0.3) is 11.3 Å². The third-order valence-corrected chi connectivity index (χ3v) is 7.47. The Bertz CT molecular complexity index is 1240. The molecule has 3 aromatic rings. The predicted octanol–water partition coefficient (Wildman–Crippen LogP) is 6.27. The summed E-state index contributed by atoms with van der Waals surface area (Å²) in [4.78, 5) is 26.5. The average Bonchev–Trinajstić information content (AvgIpc) is 3.59. The highest BCUT2D eigenvalue weighted by atomic mass is 16.6. The van der Waals surface area contributed by atoms with Gasteiger partial charge in [0, 0.05) is 37.2 Å². The number of carbonyl (C=O) groups is 2. The van der Waals surface area contributed by atoms with Crippen molar-refractivity contribution in [2.45, 2.75) is 58.2 Å². The van der Waals surface area contributed by atoms with Crippen molar-refractivity contribution in [3.05, 3.63) is 65.9 Å². The fourth-order valence-corrected chi connectivity index (χ4v) is 5.29. The second-order valence-electron chi connectivity index (χ2n) is 10.0. The number of hydrogen-bond acceptors (Lipinski definition) is 7. The van der Waals surface area contributed by atoms with Gasteiger partial charge in [0.25, 0.3) is 0 Å². The van der Waals surface area contributed by atoms with Gasteiger partial charge in [-0.2, -0.15) is 0 Å². The quantitative estimate of drug-likeness (QED) is 0.380. The number of aromatic nitrogens is 1. The van der Waals surface area contributed by atoms with E-state index in [1.54, 1.807) is 6.92 Å². The fraction of sp³-hybridized carbons (Fsp3) is 0.414. The van der Waals surface area contributed by atoms with Gasteiger partial charge in [-0.05, 0) is 69.4 Å². The number of aryl methyl sites for hydroxylation is 1. The molecule has 1 unspecified atom stereocenters. The van der Waals surface area contributed by atoms with Crippen LogP contribution in [0.5, 0.6) is 0 Å². The normalized spacial score (nSPS) is 17.6. The summed E-state index contributed by atoms with van der Waals surface area (Å²) < 4.78 is 16.8. The molecule has 0 bridgehead atoms. The predicted molar refractivity (Wildman–Crippen MR) is 140 cm³/mol. The summed E-state index contributed by atoms with van der Waals surface area (Å²) in [5.74, 6) is 0.747. The average molecular weight is 504 g/mol. The Balaban J connectivity index is 1.21. The van der Waals surface area contributed by atoms with Gasteiger partial charge in [0.15, 0.2) is 5.76 Å². The molecule has 5 rings (SSSR count). The Hall–Kier alpha value is -3.81. The molecule has 0 spiro atoms. The monoisotopic (exact) mass is 503 g/mol. The summed E-state index contributed by atoms with van der Waals surface area (Å²) >= 11 is 0. The summed E-state index contributed by atoms with van der Waals surface area (Å²) in [5, 5.41) is 6.87. The second-order valence-corrected chi connectivity index (χ2v) is 10.0. The van der Waals surface area contributed by atoms with Gasteiger partial charge in [0.2, 0.25) is 0 Å². The first kappa shape index (κ1) is 24.9. The molecular weight excluding hydrogens is 470 g/mol. The van der Waals surface area contributed by atoms with E-state index < -0.39 is 12.2 Å². The van der Waals surface area contributed by atoms with Gasteiger partial charge in [-0.1, -0.05) is 35.5 Å². The highest BCUT2D eigenvalue weighted by Crippen LogP contribution is 2.50. The molecule has 2 fully saturated rings. The van der Waals surface area contributed by atoms with E-state index in [0.717, 1.165) is 55.6 Å². The maximum absolute atomic E-state index is 12.6. The smallest absolute Gasteiger partial charge is 0.412 e. The number of piperidine rings is 1. The van der Waals surface area contributed by atoms with Crippen LogP contribution < -0.4 is 10.2 Å². The minimum Gasteiger partial charge on any atom is -0.459 e. The van der Waals surface area contributed by atoms with Crippen LogP contribution in [0.1, 0.15) is 56.9 Å². The van der Waals surface area contributed by atoms with Crippen molar-refractivity contribution < 1.29 is 23.6 Å². The van der Waals surface area contributed by atoms with Gasteiger partial charge in [-0.25, -0.2) is 4.79 Å². The van der Waals surface area contributed by atoms with E-state index in [9.17, 15) is 9.59 Å². The zero-order chi connectivity index (χ0) is 26.0. The summed E-state index contributed by atoms with van der Waals surface area (Å²) in [6, 6.07) is 17.7. The maximum atomic E-state index is 12.6. The minimum atomic E-state index is -0.564. The van der Waals surface area contributed by atoms with Crippen LogP contribution in [0.4, 0.5) is 16.2 Å². The number of amides is 1. The standard InChI is InChI=1S/C29H33N3O5/c1-19-26(30-28(34)35-20(2)22-7-5-4-6-8-22)27(37-31-19)23-9-11-25(12-10-23)32-17-13-24(14-18-32)29(15-16-29)36-21(3)33/h4-12,20,24H,13-18H2,1-3H3,(H,30,34). The minimum absolute atomic E-state index is 0.175. The second kappa shape index (κ2) is 10.3. The lowest BCUT2D eigenvalue weighted by molar-refractivity contribution is -0.152. The summed E-state index contributed by atoms with van der Waals surface area (Å²) in [7, 11) is 0. The van der Waals surface area contributed by atoms with Gasteiger partial charge in [-0.3, -0.25) is 10.1 Å². The van der Waals surface area contributed by atoms with Crippen molar-refractivity contribution in [2.24, 2.45) is 5.92 Å². The van der Waals surface area contributed by atoms with Crippen LogP contribution in [0, 0.1) is 12.8 Å². The number of benzene rings is 2. The van der Waals surface area contributed by atoms with E-state index in [0.29, 0.717) is 23.1 Å². The van der Waals surface area contributed by atoms with Gasteiger partial charge in [0.05, 0.1) is 0 Å². The van der Waals surface area contributed by atoms with Gasteiger partial charge in [0.1, 0.15) is 23.1 Å². The van der Waals surface area contributed by atoms with E-state index >= 15 is 0 Å². The van der Waals surface area contributed by atoms with Crippen molar-refractivity contribution in [1.29, 1.82) is 0 Å². The first-order valence-corrected chi connectivity index (χ1v) is 12.9. The maximum Gasteiger partial charge on any atom is 0.412 e. The third-order valence-electron chi connectivity index (χ3n) is 7.47. The Labute approximate surface area is 216 Å². The summed E-state index contributed by atoms with van der Waals surface area (Å²) in [6.07, 6.45) is 3.03. The van der Waals surface area contributed by atoms with Crippen molar-refractivity contribution in [1.82, 2.24) is 5.16 Å². The van der Waals surface area contributed by atoms with Gasteiger partial charge >= 0.3 is 12.1 Å². The van der Waals surface area contributed by atoms with Crippen LogP contribution in [-0.4, -0.2) is 35.9 Å². The Morgan fingerprint density at radius 2 is 1.76 bits per heavy atom. The molecule has 1 amide bonds. The van der Waals surface area contributed by atoms with Crippen LogP contribution in [0.3, 0.4) is 0 Å². The molecule has 1 aliphatic heterocycles. The first-order chi connectivity index (χ1) is 17.8. The molecule has 1 aromatic heterocycles. The molecule has 2 aromatic carbocycles. The van der Waals surface area contributed by atoms with Crippen molar-refractivity contribution in [2.75, 3.05) is 23.3 Å². The lowest BCUT2D eigenvalue weighted by Crippen LogP contribution is -2.40. The number of hydrogen-bond donors (Lipinski definition) is 1. The van der Waals surface area contributed by atoms with Crippen LogP contribution in [0.2, 0.25) is 0 Å². The molecule has 8 nitrogen and oxygen atoms in total. The Morgan fingerprint density at radius 3 is 2.38 bits per heavy atom. The van der Waals surface area contributed by atoms with E-state index in [4.69, 9.17) is 14.0 Å². The SMILES string of the molecule is CC(=O)OC1(C2CCN(c3ccc(-c4onc(C)c4NC(=O)OC(C)c4ccccc4)cc3)CC2)CC1. The molecule has 8 heteroatoms. The largest absolute Gasteiger partial charge is 0.459 e. The molecule has 1 atom stereocenters. The zero-order valence-electron chi connectivity index (χ0n) is 21.5. The van der Waals surface area contributed by atoms with Crippen LogP contribution >= 0.6 is 0 Å². The summed E-state index contributed by atoms with van der Waals surface area (Å²) in [5.41, 5.74) is 3.72. The number of carbonyl (C=O) groups excluding carboxylic acids is 2. The number of anilines is 2. The molecule has 1 saturated heterocycles. The van der Waals surface area contributed by atoms with Crippen LogP contribution in [-0.2, 0) is 14.3 Å². The lowest BCUT2D eigenvalue weighted by Gasteiger charge is -2.37. The molecule has 1 N–H and O–H groups in total. The summed E-state index contributed by atoms with van der Waals surface area (Å²) in [6.45, 7) is 6.96. The number of nitrogens with zero attached hydrogens (tertiary/aromatic N) is 2. The number of rotatable bonds is 7. The third kappa shape index (κ3) is 5.48. The topological polar surface area (TPSA) is 93.9 Å². The zero-order valence-corrected chi connectivity index (χ0v) is 21.5. The van der Waals surface area contributed by atoms with Crippen molar-refractivity contribution in [3.63, 3.8) is 0 Å². The van der Waals surface area contributed by atoms with Gasteiger partial charge in [-0.15, -0.1) is 0 Å².